The minimum absolute atomic E-state index is 0.0223. The number of aliphatic hydroxyl groups is 2. The molecule has 4 atom stereocenters. The molecule has 3 fully saturated rings. The summed E-state index contributed by atoms with van der Waals surface area (Å²) in [5.74, 6) is -0.224. The van der Waals surface area contributed by atoms with Crippen LogP contribution < -0.4 is 10.6 Å². The molecule has 0 bridgehead atoms. The van der Waals surface area contributed by atoms with Crippen molar-refractivity contribution in [2.75, 3.05) is 50.9 Å². The van der Waals surface area contributed by atoms with Gasteiger partial charge in [-0.25, -0.2) is 29.9 Å². The zero-order valence-corrected chi connectivity index (χ0v) is 35.8. The maximum atomic E-state index is 14.0. The Kier molecular flexibility index (Phi) is 10.5. The van der Waals surface area contributed by atoms with Crippen LogP contribution in [0, 0.1) is 0 Å². The van der Waals surface area contributed by atoms with E-state index >= 15 is 0 Å². The summed E-state index contributed by atoms with van der Waals surface area (Å²) in [6.45, 7) is 3.37. The van der Waals surface area contributed by atoms with Crippen molar-refractivity contribution < 1.29 is 38.2 Å². The minimum Gasteiger partial charge on any atom is -0.373 e. The number of likely N-dealkylation sites (N-methyl/N-ethyl adjacent to an activating group) is 2. The maximum absolute atomic E-state index is 14.0. The number of hydrogen-bond acceptors (Lipinski definition) is 19. The Bertz CT molecular complexity index is 2980. The van der Waals surface area contributed by atoms with E-state index in [1.807, 2.05) is 12.1 Å². The van der Waals surface area contributed by atoms with Crippen LogP contribution in [0.5, 0.6) is 0 Å². The van der Waals surface area contributed by atoms with Gasteiger partial charge in [-0.05, 0) is 55.3 Å². The summed E-state index contributed by atoms with van der Waals surface area (Å²) in [5, 5.41) is 40.7. The molecule has 7 aromatic heterocycles. The molecule has 336 valence electrons. The topological polar surface area (TPSA) is 281 Å². The van der Waals surface area contributed by atoms with Crippen LogP contribution in [0.1, 0.15) is 49.2 Å². The molecule has 0 saturated carbocycles. The number of aromatic nitrogens is 9. The Labute approximate surface area is 375 Å². The van der Waals surface area contributed by atoms with Gasteiger partial charge in [0.25, 0.3) is 11.8 Å². The Morgan fingerprint density at radius 1 is 0.712 bits per heavy atom. The highest BCUT2D eigenvalue weighted by molar-refractivity contribution is 5.88. The van der Waals surface area contributed by atoms with E-state index in [1.165, 1.54) is 28.2 Å². The van der Waals surface area contributed by atoms with E-state index in [4.69, 9.17) is 23.5 Å². The predicted molar refractivity (Wildman–Crippen MR) is 231 cm³/mol. The molecule has 7 aromatic rings. The van der Waals surface area contributed by atoms with Crippen molar-refractivity contribution >= 4 is 35.4 Å². The molecule has 10 heterocycles. The van der Waals surface area contributed by atoms with Gasteiger partial charge in [-0.2, -0.15) is 0 Å². The molecule has 0 radical (unpaired) electrons. The number of carbonyl (C=O) groups excluding carboxylic acids is 3. The van der Waals surface area contributed by atoms with Crippen LogP contribution in [0.25, 0.3) is 45.6 Å². The van der Waals surface area contributed by atoms with Crippen LogP contribution in [0.3, 0.4) is 0 Å². The molecule has 0 aliphatic carbocycles. The first-order valence-corrected chi connectivity index (χ1v) is 21.1. The van der Waals surface area contributed by atoms with Crippen LogP contribution >= 0.6 is 0 Å². The average Bonchev–Trinajstić information content (AvgIpc) is 4.22. The number of pyridine rings is 2. The van der Waals surface area contributed by atoms with E-state index in [-0.39, 0.29) is 48.1 Å². The monoisotopic (exact) mass is 894 g/mol. The third-order valence-corrected chi connectivity index (χ3v) is 12.2. The van der Waals surface area contributed by atoms with Gasteiger partial charge in [0.2, 0.25) is 29.0 Å². The van der Waals surface area contributed by atoms with Crippen molar-refractivity contribution in [3.05, 3.63) is 96.4 Å². The third kappa shape index (κ3) is 7.74. The first-order chi connectivity index (χ1) is 31.8. The van der Waals surface area contributed by atoms with E-state index < -0.39 is 29.1 Å². The van der Waals surface area contributed by atoms with E-state index in [9.17, 15) is 24.6 Å². The number of nitrogens with zero attached hydrogens (tertiary/aromatic N) is 12. The fraction of sp³-hybridized carbons (Fsp3) is 0.318. The molecule has 4 N–H and O–H groups in total. The van der Waals surface area contributed by atoms with Gasteiger partial charge in [0, 0.05) is 89.6 Å². The Balaban J connectivity index is 0.860. The second-order valence-electron chi connectivity index (χ2n) is 16.6. The first-order valence-electron chi connectivity index (χ1n) is 21.1. The van der Waals surface area contributed by atoms with Crippen LogP contribution in [-0.2, 0) is 25.6 Å². The number of likely N-dealkylation sites (tertiary alicyclic amines) is 3. The lowest BCUT2D eigenvalue weighted by Gasteiger charge is -2.22. The Hall–Kier alpha value is -7.98. The normalized spacial score (nSPS) is 21.2. The maximum Gasteiger partial charge on any atom is 0.262 e. The lowest BCUT2D eigenvalue weighted by molar-refractivity contribution is -0.145. The summed E-state index contributed by atoms with van der Waals surface area (Å²) in [5.41, 5.74) is 0.697. The highest BCUT2D eigenvalue weighted by atomic mass is 16.5. The fourth-order valence-electron chi connectivity index (χ4n) is 8.40. The van der Waals surface area contributed by atoms with Crippen LogP contribution in [0.2, 0.25) is 0 Å². The van der Waals surface area contributed by atoms with Gasteiger partial charge in [0.05, 0.1) is 34.2 Å². The van der Waals surface area contributed by atoms with Crippen LogP contribution in [0.15, 0.2) is 92.9 Å². The van der Waals surface area contributed by atoms with Gasteiger partial charge in [-0.1, -0.05) is 21.5 Å². The molecule has 10 rings (SSSR count). The second kappa shape index (κ2) is 16.5. The third-order valence-electron chi connectivity index (χ3n) is 12.2. The number of amides is 3. The number of carbonyl (C=O) groups is 3. The molecule has 22 nitrogen and oxygen atoms in total. The molecule has 0 spiro atoms. The summed E-state index contributed by atoms with van der Waals surface area (Å²) in [6.07, 6.45) is 5.56. The number of rotatable bonds is 12. The van der Waals surface area contributed by atoms with Gasteiger partial charge in [-0.3, -0.25) is 14.4 Å². The summed E-state index contributed by atoms with van der Waals surface area (Å²) in [4.78, 5) is 71.8. The highest BCUT2D eigenvalue weighted by Gasteiger charge is 2.49. The van der Waals surface area contributed by atoms with Gasteiger partial charge in [0.1, 0.15) is 23.7 Å². The van der Waals surface area contributed by atoms with Crippen molar-refractivity contribution in [1.29, 1.82) is 0 Å². The lowest BCUT2D eigenvalue weighted by Crippen LogP contribution is -2.40. The standard InChI is InChI=1S/C44H42N14O8/c1-24(47-41-45-13-7-29(50-41)27-5-4-6-28(48-27)33-21-35(65-53-33)43(62)11-16-56(2)39(43)60)38(59)58-15-9-25(23-58)26-19-31(30-8-14-46-42(51-30)52-37-10-18-64-55-37)49-32(20-26)34-22-36(66-54-34)44(63)12-17-57(3)40(44)61/h4-8,10,13-14,18-22,24-25,62-63H,9,11-12,15-17,23H2,1-3H3,(H,45,47,50)(H,46,51,52,55). The average molecular weight is 895 g/mol. The Morgan fingerprint density at radius 2 is 1.27 bits per heavy atom. The smallest absolute Gasteiger partial charge is 0.262 e. The molecule has 0 aromatic carbocycles. The Morgan fingerprint density at radius 3 is 1.89 bits per heavy atom. The molecule has 3 aliphatic heterocycles. The summed E-state index contributed by atoms with van der Waals surface area (Å²) < 4.78 is 15.9. The summed E-state index contributed by atoms with van der Waals surface area (Å²) >= 11 is 0. The van der Waals surface area contributed by atoms with Gasteiger partial charge in [0.15, 0.2) is 17.3 Å². The van der Waals surface area contributed by atoms with E-state index in [2.05, 4.69) is 46.0 Å². The number of hydrogen-bond donors (Lipinski definition) is 4. The van der Waals surface area contributed by atoms with Crippen molar-refractivity contribution in [3.8, 4) is 45.6 Å². The zero-order valence-electron chi connectivity index (χ0n) is 35.8. The molecular weight excluding hydrogens is 853 g/mol. The van der Waals surface area contributed by atoms with Crippen molar-refractivity contribution in [2.24, 2.45) is 0 Å². The van der Waals surface area contributed by atoms with E-state index in [0.29, 0.717) is 84.0 Å². The molecule has 4 unspecified atom stereocenters. The van der Waals surface area contributed by atoms with Gasteiger partial charge < -0.3 is 49.1 Å². The van der Waals surface area contributed by atoms with Gasteiger partial charge in [-0.15, -0.1) is 0 Å². The SMILES string of the molecule is CC(Nc1nccc(-c2cccc(-c3cc(C4(O)CCN(C)C4=O)on3)n2)n1)C(=O)N1CCC(c2cc(-c3cc(C4(O)CCN(C)C4=O)on3)nc(-c3ccnc(Nc4ccon4)n3)c2)C1. The highest BCUT2D eigenvalue weighted by Crippen LogP contribution is 2.38. The molecule has 66 heavy (non-hydrogen) atoms. The fourth-order valence-corrected chi connectivity index (χ4v) is 8.40. The van der Waals surface area contributed by atoms with Crippen LogP contribution in [0.4, 0.5) is 17.7 Å². The van der Waals surface area contributed by atoms with Crippen LogP contribution in [-0.4, -0.2) is 134 Å². The number of anilines is 3. The zero-order chi connectivity index (χ0) is 45.7. The molecule has 22 heteroatoms. The molecule has 3 amide bonds. The minimum atomic E-state index is -1.84. The lowest BCUT2D eigenvalue weighted by atomic mass is 9.95. The van der Waals surface area contributed by atoms with Crippen molar-refractivity contribution in [3.63, 3.8) is 0 Å². The first kappa shape index (κ1) is 42.0. The van der Waals surface area contributed by atoms with Crippen molar-refractivity contribution in [2.45, 2.75) is 49.3 Å². The molecule has 3 aliphatic rings. The summed E-state index contributed by atoms with van der Waals surface area (Å²) in [7, 11) is 3.24. The largest absolute Gasteiger partial charge is 0.373 e. The predicted octanol–water partition coefficient (Wildman–Crippen LogP) is 3.35. The molecule has 3 saturated heterocycles. The molecular formula is C44H42N14O8. The van der Waals surface area contributed by atoms with E-state index in [0.717, 1.165) is 5.56 Å². The number of nitrogens with one attached hydrogen (secondary N) is 2. The summed E-state index contributed by atoms with van der Waals surface area (Å²) in [6, 6.07) is 16.5. The quantitative estimate of drug-likeness (QED) is 0.137. The van der Waals surface area contributed by atoms with E-state index in [1.54, 1.807) is 74.7 Å². The van der Waals surface area contributed by atoms with Gasteiger partial charge >= 0.3 is 0 Å². The second-order valence-corrected chi connectivity index (χ2v) is 16.6. The van der Waals surface area contributed by atoms with Crippen molar-refractivity contribution in [1.82, 2.24) is 60.1 Å².